The number of morpholine rings is 1. The monoisotopic (exact) mass is 239 g/mol. The summed E-state index contributed by atoms with van der Waals surface area (Å²) in [5.41, 5.74) is -0.198. The highest BCUT2D eigenvalue weighted by molar-refractivity contribution is 5.90. The van der Waals surface area contributed by atoms with E-state index in [1.165, 1.54) is 0 Å². The smallest absolute Gasteiger partial charge is 0.247 e. The van der Waals surface area contributed by atoms with Crippen molar-refractivity contribution in [1.82, 2.24) is 10.2 Å². The van der Waals surface area contributed by atoms with Crippen molar-refractivity contribution in [1.29, 1.82) is 5.41 Å². The van der Waals surface area contributed by atoms with E-state index in [1.54, 1.807) is 19.2 Å². The molecule has 2 N–H and O–H groups in total. The van der Waals surface area contributed by atoms with Crippen LogP contribution in [0, 0.1) is 5.41 Å². The van der Waals surface area contributed by atoms with Gasteiger partial charge in [-0.2, -0.15) is 0 Å². The fraction of sp³-hybridized carbons (Fsp3) is 0.667. The van der Waals surface area contributed by atoms with Gasteiger partial charge in [0.2, 0.25) is 5.91 Å². The molecule has 1 heterocycles. The molecule has 0 bridgehead atoms. The second kappa shape index (κ2) is 5.82. The Kier molecular flexibility index (Phi) is 4.69. The van der Waals surface area contributed by atoms with Crippen LogP contribution in [0.25, 0.3) is 0 Å². The molecule has 0 spiro atoms. The highest BCUT2D eigenvalue weighted by Gasteiger charge is 2.31. The molecular weight excluding hydrogens is 218 g/mol. The highest BCUT2D eigenvalue weighted by Crippen LogP contribution is 2.10. The lowest BCUT2D eigenvalue weighted by molar-refractivity contribution is -0.140. The van der Waals surface area contributed by atoms with Crippen LogP contribution in [0.2, 0.25) is 0 Å². The number of nitrogens with zero attached hydrogens (tertiary/aromatic N) is 1. The normalized spacial score (nSPS) is 17.2. The van der Waals surface area contributed by atoms with E-state index in [9.17, 15) is 4.79 Å². The third-order valence-corrected chi connectivity index (χ3v) is 2.61. The summed E-state index contributed by atoms with van der Waals surface area (Å²) in [6, 6.07) is 0. The summed E-state index contributed by atoms with van der Waals surface area (Å²) >= 11 is 0. The van der Waals surface area contributed by atoms with Gasteiger partial charge in [0.15, 0.2) is 0 Å². The second-order valence-corrected chi connectivity index (χ2v) is 4.69. The first-order chi connectivity index (χ1) is 7.93. The van der Waals surface area contributed by atoms with Gasteiger partial charge >= 0.3 is 0 Å². The molecule has 5 heteroatoms. The highest BCUT2D eigenvalue weighted by atomic mass is 16.5. The minimum Gasteiger partial charge on any atom is -0.378 e. The largest absolute Gasteiger partial charge is 0.378 e. The quantitative estimate of drug-likeness (QED) is 0.712. The van der Waals surface area contributed by atoms with Crippen LogP contribution in [0.1, 0.15) is 20.8 Å². The van der Waals surface area contributed by atoms with Crippen molar-refractivity contribution in [3.8, 4) is 0 Å². The average Bonchev–Trinajstić information content (AvgIpc) is 2.28. The van der Waals surface area contributed by atoms with Gasteiger partial charge in [0.05, 0.1) is 13.2 Å². The molecule has 0 atom stereocenters. The molecule has 1 aliphatic heterocycles. The fourth-order valence-corrected chi connectivity index (χ4v) is 1.60. The zero-order valence-electron chi connectivity index (χ0n) is 10.7. The summed E-state index contributed by atoms with van der Waals surface area (Å²) in [7, 11) is 0. The van der Waals surface area contributed by atoms with Crippen LogP contribution in [0.4, 0.5) is 0 Å². The Balaban J connectivity index is 2.55. The fourth-order valence-electron chi connectivity index (χ4n) is 1.60. The van der Waals surface area contributed by atoms with Gasteiger partial charge in [-0.3, -0.25) is 4.79 Å². The molecule has 0 aliphatic carbocycles. The van der Waals surface area contributed by atoms with Gasteiger partial charge in [-0.1, -0.05) is 0 Å². The Morgan fingerprint density at radius 1 is 1.41 bits per heavy atom. The molecule has 1 saturated heterocycles. The van der Waals surface area contributed by atoms with Crippen LogP contribution in [-0.4, -0.2) is 48.4 Å². The molecule has 0 radical (unpaired) electrons. The maximum Gasteiger partial charge on any atom is 0.247 e. The maximum atomic E-state index is 12.2. The lowest BCUT2D eigenvalue weighted by Crippen LogP contribution is -2.55. The molecule has 1 aliphatic rings. The van der Waals surface area contributed by atoms with Gasteiger partial charge in [0.1, 0.15) is 5.54 Å². The van der Waals surface area contributed by atoms with Crippen LogP contribution >= 0.6 is 0 Å². The molecule has 0 aromatic heterocycles. The summed E-state index contributed by atoms with van der Waals surface area (Å²) in [6.45, 7) is 7.89. The third kappa shape index (κ3) is 4.19. The van der Waals surface area contributed by atoms with Crippen LogP contribution in [0.15, 0.2) is 12.3 Å². The summed E-state index contributed by atoms with van der Waals surface area (Å²) in [5.74, 6) is 0.0630. The average molecular weight is 239 g/mol. The van der Waals surface area contributed by atoms with Crippen molar-refractivity contribution in [2.75, 3.05) is 26.3 Å². The predicted octanol–water partition coefficient (Wildman–Crippen LogP) is 0.767. The number of ether oxygens (including phenoxy) is 1. The Bertz CT molecular complexity index is 318. The van der Waals surface area contributed by atoms with Gasteiger partial charge in [0, 0.05) is 18.8 Å². The molecule has 17 heavy (non-hydrogen) atoms. The van der Waals surface area contributed by atoms with Gasteiger partial charge in [0.25, 0.3) is 0 Å². The molecule has 0 aromatic carbocycles. The van der Waals surface area contributed by atoms with E-state index in [0.29, 0.717) is 32.0 Å². The summed E-state index contributed by atoms with van der Waals surface area (Å²) < 4.78 is 5.22. The van der Waals surface area contributed by atoms with Crippen LogP contribution in [-0.2, 0) is 9.53 Å². The van der Waals surface area contributed by atoms with Crippen molar-refractivity contribution in [3.05, 3.63) is 12.3 Å². The third-order valence-electron chi connectivity index (χ3n) is 2.61. The Morgan fingerprint density at radius 3 is 2.53 bits per heavy atom. The van der Waals surface area contributed by atoms with Gasteiger partial charge in [-0.15, -0.1) is 0 Å². The molecule has 0 aromatic rings. The van der Waals surface area contributed by atoms with Crippen LogP contribution in [0.5, 0.6) is 0 Å². The van der Waals surface area contributed by atoms with Gasteiger partial charge in [-0.05, 0) is 33.0 Å². The van der Waals surface area contributed by atoms with E-state index in [-0.39, 0.29) is 5.91 Å². The van der Waals surface area contributed by atoms with E-state index >= 15 is 0 Å². The van der Waals surface area contributed by atoms with Crippen molar-refractivity contribution in [3.63, 3.8) is 0 Å². The molecule has 96 valence electrons. The summed E-state index contributed by atoms with van der Waals surface area (Å²) in [4.78, 5) is 14.0. The van der Waals surface area contributed by atoms with Crippen LogP contribution in [0.3, 0.4) is 0 Å². The molecular formula is C12H21N3O2. The number of carbonyl (C=O) groups excluding carboxylic acids is 1. The number of rotatable bonds is 4. The Morgan fingerprint density at radius 2 is 2.00 bits per heavy atom. The van der Waals surface area contributed by atoms with Gasteiger partial charge < -0.3 is 20.4 Å². The van der Waals surface area contributed by atoms with Crippen molar-refractivity contribution in [2.45, 2.75) is 26.3 Å². The summed E-state index contributed by atoms with van der Waals surface area (Å²) in [6.07, 6.45) is 3.29. The number of amides is 1. The Hall–Kier alpha value is -1.36. The maximum absolute atomic E-state index is 12.2. The van der Waals surface area contributed by atoms with Crippen LogP contribution < -0.4 is 5.32 Å². The van der Waals surface area contributed by atoms with E-state index in [2.05, 4.69) is 5.32 Å². The minimum atomic E-state index is -0.650. The minimum absolute atomic E-state index is 0.0630. The van der Waals surface area contributed by atoms with E-state index in [1.807, 2.05) is 18.7 Å². The molecule has 1 fully saturated rings. The zero-order chi connectivity index (χ0) is 12.9. The predicted molar refractivity (Wildman–Crippen MR) is 67.2 cm³/mol. The Labute approximate surface area is 102 Å². The number of nitrogens with one attached hydrogen (secondary N) is 2. The molecule has 0 saturated carbocycles. The topological polar surface area (TPSA) is 65.4 Å². The lowest BCUT2D eigenvalue weighted by atomic mass is 10.0. The van der Waals surface area contributed by atoms with Gasteiger partial charge in [-0.25, -0.2) is 0 Å². The number of carbonyl (C=O) groups is 1. The van der Waals surface area contributed by atoms with E-state index in [4.69, 9.17) is 10.1 Å². The SMILES string of the molecule is CC(=N)/C=C\NC(C)(C)C(=O)N1CCOCC1. The van der Waals surface area contributed by atoms with E-state index < -0.39 is 5.54 Å². The van der Waals surface area contributed by atoms with Crippen molar-refractivity contribution < 1.29 is 9.53 Å². The number of allylic oxidation sites excluding steroid dienone is 1. The molecule has 0 unspecified atom stereocenters. The number of hydrogen-bond donors (Lipinski definition) is 2. The number of hydrogen-bond acceptors (Lipinski definition) is 4. The first-order valence-electron chi connectivity index (χ1n) is 5.80. The van der Waals surface area contributed by atoms with Crippen molar-refractivity contribution >= 4 is 11.6 Å². The standard InChI is InChI=1S/C12H21N3O2/c1-10(13)4-5-14-12(2,3)11(16)15-6-8-17-9-7-15/h4-5,13-14H,6-9H2,1-3H3/b5-4-,13-10?. The first-order valence-corrected chi connectivity index (χ1v) is 5.80. The van der Waals surface area contributed by atoms with Crippen molar-refractivity contribution in [2.24, 2.45) is 0 Å². The second-order valence-electron chi connectivity index (χ2n) is 4.69. The molecule has 5 nitrogen and oxygen atoms in total. The summed E-state index contributed by atoms with van der Waals surface area (Å²) in [5, 5.41) is 10.3. The van der Waals surface area contributed by atoms with E-state index in [0.717, 1.165) is 0 Å². The molecule has 1 rings (SSSR count). The lowest BCUT2D eigenvalue weighted by Gasteiger charge is -2.34. The molecule has 1 amide bonds. The zero-order valence-corrected chi connectivity index (χ0v) is 10.7. The first kappa shape index (κ1) is 13.7.